The van der Waals surface area contributed by atoms with Gasteiger partial charge in [-0.1, -0.05) is 24.8 Å². The van der Waals surface area contributed by atoms with E-state index >= 15 is 0 Å². The average molecular weight is 333 g/mol. The summed E-state index contributed by atoms with van der Waals surface area (Å²) in [6, 6.07) is 7.32. The third-order valence-corrected chi connectivity index (χ3v) is 4.06. The first-order valence-corrected chi connectivity index (χ1v) is 8.05. The summed E-state index contributed by atoms with van der Waals surface area (Å²) in [4.78, 5) is 25.9. The van der Waals surface area contributed by atoms with Crippen LogP contribution in [0.2, 0.25) is 0 Å². The van der Waals surface area contributed by atoms with Crippen molar-refractivity contribution >= 4 is 29.0 Å². The van der Waals surface area contributed by atoms with Crippen molar-refractivity contribution in [2.45, 2.75) is 6.42 Å². The molecule has 0 radical (unpaired) electrons. The Bertz CT molecular complexity index is 610. The zero-order valence-corrected chi connectivity index (χ0v) is 13.8. The van der Waals surface area contributed by atoms with Crippen molar-refractivity contribution in [3.05, 3.63) is 47.4 Å². The van der Waals surface area contributed by atoms with Gasteiger partial charge in [-0.3, -0.25) is 14.5 Å². The van der Waals surface area contributed by atoms with Gasteiger partial charge in [-0.05, 0) is 42.0 Å². The fourth-order valence-corrected chi connectivity index (χ4v) is 2.89. The van der Waals surface area contributed by atoms with Crippen molar-refractivity contribution in [2.24, 2.45) is 0 Å². The molecule has 5 nitrogen and oxygen atoms in total. The molecular weight excluding hydrogens is 314 g/mol. The standard InChI is InChI=1S/C17H19NO4S/c1-3-10-22-14-7-5-13(6-8-14)12-15-16(19)18(17(20)23-15)9-4-11-21-2/h3,5-8,12H,1,4,9-11H2,2H3/b15-12+. The SMILES string of the molecule is C=CCOc1ccc(/C=C2/SC(=O)N(CCCOC)C2=O)cc1. The van der Waals surface area contributed by atoms with Crippen molar-refractivity contribution in [1.82, 2.24) is 4.90 Å². The highest BCUT2D eigenvalue weighted by atomic mass is 32.2. The summed E-state index contributed by atoms with van der Waals surface area (Å²) in [6.45, 7) is 4.94. The molecule has 0 saturated carbocycles. The number of nitrogens with zero attached hydrogens (tertiary/aromatic N) is 1. The minimum Gasteiger partial charge on any atom is -0.490 e. The van der Waals surface area contributed by atoms with Gasteiger partial charge in [0.05, 0.1) is 4.91 Å². The Morgan fingerprint density at radius 2 is 2.00 bits per heavy atom. The molecule has 6 heteroatoms. The molecule has 0 spiro atoms. The van der Waals surface area contributed by atoms with Crippen molar-refractivity contribution in [1.29, 1.82) is 0 Å². The maximum absolute atomic E-state index is 12.3. The van der Waals surface area contributed by atoms with Gasteiger partial charge in [-0.2, -0.15) is 0 Å². The predicted octanol–water partition coefficient (Wildman–Crippen LogP) is 3.32. The first kappa shape index (κ1) is 17.3. The minimum atomic E-state index is -0.247. The lowest BCUT2D eigenvalue weighted by molar-refractivity contribution is -0.122. The number of benzene rings is 1. The number of amides is 2. The Balaban J connectivity index is 2.03. The van der Waals surface area contributed by atoms with Gasteiger partial charge in [0.15, 0.2) is 0 Å². The molecule has 23 heavy (non-hydrogen) atoms. The normalized spacial score (nSPS) is 16.2. The molecule has 2 rings (SSSR count). The molecule has 122 valence electrons. The van der Waals surface area contributed by atoms with E-state index in [0.717, 1.165) is 23.1 Å². The van der Waals surface area contributed by atoms with Gasteiger partial charge < -0.3 is 9.47 Å². The largest absolute Gasteiger partial charge is 0.490 e. The number of methoxy groups -OCH3 is 1. The molecule has 0 unspecified atom stereocenters. The molecular formula is C17H19NO4S. The fraction of sp³-hybridized carbons (Fsp3) is 0.294. The zero-order chi connectivity index (χ0) is 16.7. The van der Waals surface area contributed by atoms with E-state index in [9.17, 15) is 9.59 Å². The van der Waals surface area contributed by atoms with Gasteiger partial charge in [-0.15, -0.1) is 0 Å². The molecule has 0 atom stereocenters. The molecule has 0 aromatic heterocycles. The first-order chi connectivity index (χ1) is 11.2. The van der Waals surface area contributed by atoms with Crippen LogP contribution in [0.4, 0.5) is 4.79 Å². The summed E-state index contributed by atoms with van der Waals surface area (Å²) in [6.07, 6.45) is 4.03. The monoisotopic (exact) mass is 333 g/mol. The molecule has 1 aliphatic rings. The number of ether oxygens (including phenoxy) is 2. The first-order valence-electron chi connectivity index (χ1n) is 7.23. The van der Waals surface area contributed by atoms with E-state index in [1.807, 2.05) is 24.3 Å². The molecule has 1 fully saturated rings. The smallest absolute Gasteiger partial charge is 0.293 e. The predicted molar refractivity (Wildman–Crippen MR) is 91.3 cm³/mol. The second-order valence-corrected chi connectivity index (χ2v) is 5.84. The van der Waals surface area contributed by atoms with Gasteiger partial charge in [0, 0.05) is 20.3 Å². The Hall–Kier alpha value is -2.05. The lowest BCUT2D eigenvalue weighted by Gasteiger charge is -2.11. The molecule has 1 aliphatic heterocycles. The van der Waals surface area contributed by atoms with Gasteiger partial charge in [0.25, 0.3) is 11.1 Å². The van der Waals surface area contributed by atoms with Crippen LogP contribution < -0.4 is 4.74 Å². The summed E-state index contributed by atoms with van der Waals surface area (Å²) >= 11 is 0.966. The average Bonchev–Trinajstić information content (AvgIpc) is 2.82. The van der Waals surface area contributed by atoms with Gasteiger partial charge in [-0.25, -0.2) is 0 Å². The molecule has 1 aromatic rings. The molecule has 2 amide bonds. The van der Waals surface area contributed by atoms with Crippen molar-refractivity contribution < 1.29 is 19.1 Å². The second kappa shape index (κ2) is 8.55. The van der Waals surface area contributed by atoms with Crippen LogP contribution in [-0.4, -0.2) is 42.9 Å². The highest BCUT2D eigenvalue weighted by Gasteiger charge is 2.34. The van der Waals surface area contributed by atoms with E-state index in [4.69, 9.17) is 9.47 Å². The zero-order valence-electron chi connectivity index (χ0n) is 13.0. The third kappa shape index (κ3) is 4.71. The van der Waals surface area contributed by atoms with Crippen LogP contribution in [0.25, 0.3) is 6.08 Å². The summed E-state index contributed by atoms with van der Waals surface area (Å²) in [5.41, 5.74) is 0.846. The van der Waals surface area contributed by atoms with Crippen molar-refractivity contribution in [2.75, 3.05) is 26.9 Å². The number of thioether (sulfide) groups is 1. The van der Waals surface area contributed by atoms with Crippen LogP contribution in [0.1, 0.15) is 12.0 Å². The van der Waals surface area contributed by atoms with Crippen LogP contribution in [0.15, 0.2) is 41.8 Å². The van der Waals surface area contributed by atoms with Crippen molar-refractivity contribution in [3.63, 3.8) is 0 Å². The Kier molecular flexibility index (Phi) is 6.43. The number of carbonyl (C=O) groups excluding carboxylic acids is 2. The van der Waals surface area contributed by atoms with Crippen molar-refractivity contribution in [3.8, 4) is 5.75 Å². The lowest BCUT2D eigenvalue weighted by Crippen LogP contribution is -2.29. The van der Waals surface area contributed by atoms with E-state index < -0.39 is 0 Å². The second-order valence-electron chi connectivity index (χ2n) is 4.85. The number of carbonyl (C=O) groups is 2. The Labute approximate surface area is 139 Å². The van der Waals surface area contributed by atoms with E-state index in [2.05, 4.69) is 6.58 Å². The van der Waals surface area contributed by atoms with Crippen LogP contribution in [-0.2, 0) is 9.53 Å². The highest BCUT2D eigenvalue weighted by Crippen LogP contribution is 2.32. The van der Waals surface area contributed by atoms with Crippen LogP contribution in [0.5, 0.6) is 5.75 Å². The van der Waals surface area contributed by atoms with E-state index in [-0.39, 0.29) is 11.1 Å². The molecule has 0 bridgehead atoms. The molecule has 0 N–H and O–H groups in total. The Morgan fingerprint density at radius 3 is 2.65 bits per heavy atom. The maximum atomic E-state index is 12.3. The quantitative estimate of drug-likeness (QED) is 0.415. The van der Waals surface area contributed by atoms with E-state index in [0.29, 0.717) is 31.1 Å². The van der Waals surface area contributed by atoms with Crippen LogP contribution in [0.3, 0.4) is 0 Å². The number of hydrogen-bond donors (Lipinski definition) is 0. The number of imide groups is 1. The van der Waals surface area contributed by atoms with Crippen LogP contribution in [0, 0.1) is 0 Å². The summed E-state index contributed by atoms with van der Waals surface area (Å²) in [7, 11) is 1.59. The minimum absolute atomic E-state index is 0.233. The van der Waals surface area contributed by atoms with Gasteiger partial charge >= 0.3 is 0 Å². The van der Waals surface area contributed by atoms with E-state index in [1.54, 1.807) is 19.3 Å². The molecule has 1 saturated heterocycles. The lowest BCUT2D eigenvalue weighted by atomic mass is 10.2. The highest BCUT2D eigenvalue weighted by molar-refractivity contribution is 8.18. The molecule has 1 heterocycles. The number of rotatable bonds is 8. The summed E-state index contributed by atoms with van der Waals surface area (Å²) in [5, 5.41) is -0.233. The van der Waals surface area contributed by atoms with E-state index in [1.165, 1.54) is 4.90 Å². The molecule has 0 aliphatic carbocycles. The topological polar surface area (TPSA) is 55.8 Å². The Morgan fingerprint density at radius 1 is 1.26 bits per heavy atom. The van der Waals surface area contributed by atoms with Gasteiger partial charge in [0.2, 0.25) is 0 Å². The third-order valence-electron chi connectivity index (χ3n) is 3.15. The summed E-state index contributed by atoms with van der Waals surface area (Å²) < 4.78 is 10.4. The fourth-order valence-electron chi connectivity index (χ4n) is 2.03. The summed E-state index contributed by atoms with van der Waals surface area (Å²) in [5.74, 6) is 0.484. The molecule has 1 aromatic carbocycles. The number of hydrogen-bond acceptors (Lipinski definition) is 5. The van der Waals surface area contributed by atoms with Gasteiger partial charge in [0.1, 0.15) is 12.4 Å². The maximum Gasteiger partial charge on any atom is 0.293 e. The van der Waals surface area contributed by atoms with Crippen LogP contribution >= 0.6 is 11.8 Å².